The van der Waals surface area contributed by atoms with Crippen molar-refractivity contribution >= 4 is 27.5 Å². The number of halogens is 1. The van der Waals surface area contributed by atoms with Gasteiger partial charge in [0.05, 0.1) is 11.9 Å². The third-order valence-electron chi connectivity index (χ3n) is 5.30. The van der Waals surface area contributed by atoms with Gasteiger partial charge >= 0.3 is 0 Å². The number of hydrogen-bond acceptors (Lipinski definition) is 4. The van der Waals surface area contributed by atoms with E-state index in [-0.39, 0.29) is 18.0 Å². The van der Waals surface area contributed by atoms with Crippen LogP contribution in [0, 0.1) is 12.7 Å². The molecular weight excluding hydrogens is 445 g/mol. The number of rotatable bonds is 11. The normalized spacial score (nSPS) is 12.2. The molecule has 1 atom stereocenters. The number of anilines is 1. The van der Waals surface area contributed by atoms with Gasteiger partial charge in [-0.25, -0.2) is 12.8 Å². The molecule has 7 nitrogen and oxygen atoms in total. The van der Waals surface area contributed by atoms with Crippen molar-refractivity contribution in [2.24, 2.45) is 0 Å². The SMILES string of the molecule is CCCCNC(=O)[C@@H](C)N(Cc1ccccc1F)C(=O)CN(c1ccc(C)cc1)S(C)(=O)=O. The van der Waals surface area contributed by atoms with Crippen molar-refractivity contribution in [1.29, 1.82) is 0 Å². The van der Waals surface area contributed by atoms with Crippen LogP contribution in [0.5, 0.6) is 0 Å². The van der Waals surface area contributed by atoms with Crippen LogP contribution in [-0.4, -0.2) is 50.5 Å². The predicted octanol–water partition coefficient (Wildman–Crippen LogP) is 3.23. The highest BCUT2D eigenvalue weighted by Gasteiger charge is 2.30. The number of benzene rings is 2. The number of unbranched alkanes of at least 4 members (excludes halogenated alkanes) is 1. The first kappa shape index (κ1) is 26.3. The minimum absolute atomic E-state index is 0.167. The smallest absolute Gasteiger partial charge is 0.244 e. The Morgan fingerprint density at radius 3 is 2.30 bits per heavy atom. The summed E-state index contributed by atoms with van der Waals surface area (Å²) in [5, 5.41) is 2.78. The topological polar surface area (TPSA) is 86.8 Å². The van der Waals surface area contributed by atoms with E-state index >= 15 is 0 Å². The molecule has 0 unspecified atom stereocenters. The summed E-state index contributed by atoms with van der Waals surface area (Å²) >= 11 is 0. The van der Waals surface area contributed by atoms with Crippen LogP contribution >= 0.6 is 0 Å². The average molecular weight is 478 g/mol. The van der Waals surface area contributed by atoms with E-state index in [0.29, 0.717) is 12.2 Å². The first-order chi connectivity index (χ1) is 15.5. The molecule has 0 aromatic heterocycles. The Hall–Kier alpha value is -2.94. The van der Waals surface area contributed by atoms with Gasteiger partial charge in [-0.2, -0.15) is 0 Å². The van der Waals surface area contributed by atoms with Gasteiger partial charge in [-0.1, -0.05) is 49.2 Å². The number of carbonyl (C=O) groups excluding carboxylic acids is 2. The Labute approximate surface area is 195 Å². The molecule has 2 amide bonds. The van der Waals surface area contributed by atoms with Crippen LogP contribution in [0.25, 0.3) is 0 Å². The van der Waals surface area contributed by atoms with Crippen LogP contribution in [0.3, 0.4) is 0 Å². The molecule has 2 rings (SSSR count). The molecule has 0 fully saturated rings. The van der Waals surface area contributed by atoms with Gasteiger partial charge in [0.25, 0.3) is 0 Å². The third-order valence-corrected chi connectivity index (χ3v) is 6.44. The largest absolute Gasteiger partial charge is 0.354 e. The lowest BCUT2D eigenvalue weighted by Gasteiger charge is -2.31. The van der Waals surface area contributed by atoms with Crippen molar-refractivity contribution < 1.29 is 22.4 Å². The van der Waals surface area contributed by atoms with E-state index in [2.05, 4.69) is 5.32 Å². The number of nitrogens with zero attached hydrogens (tertiary/aromatic N) is 2. The first-order valence-corrected chi connectivity index (χ1v) is 12.7. The molecule has 0 spiro atoms. The van der Waals surface area contributed by atoms with Gasteiger partial charge in [-0.3, -0.25) is 13.9 Å². The molecular formula is C24H32FN3O4S. The molecule has 9 heteroatoms. The van der Waals surface area contributed by atoms with Gasteiger partial charge in [0.2, 0.25) is 21.8 Å². The van der Waals surface area contributed by atoms with E-state index in [4.69, 9.17) is 0 Å². The summed E-state index contributed by atoms with van der Waals surface area (Å²) in [6, 6.07) is 11.8. The maximum Gasteiger partial charge on any atom is 0.244 e. The maximum absolute atomic E-state index is 14.3. The van der Waals surface area contributed by atoms with Gasteiger partial charge in [0.1, 0.15) is 18.4 Å². The Morgan fingerprint density at radius 1 is 1.09 bits per heavy atom. The molecule has 0 heterocycles. The van der Waals surface area contributed by atoms with Crippen molar-refractivity contribution in [3.05, 3.63) is 65.5 Å². The van der Waals surface area contributed by atoms with Crippen LogP contribution < -0.4 is 9.62 Å². The average Bonchev–Trinajstić information content (AvgIpc) is 2.76. The van der Waals surface area contributed by atoms with Crippen molar-refractivity contribution in [2.45, 2.75) is 46.2 Å². The molecule has 0 saturated heterocycles. The third kappa shape index (κ3) is 7.56. The first-order valence-electron chi connectivity index (χ1n) is 10.9. The summed E-state index contributed by atoms with van der Waals surface area (Å²) in [6.45, 7) is 5.20. The van der Waals surface area contributed by atoms with Crippen molar-refractivity contribution in [3.63, 3.8) is 0 Å². The molecule has 0 aliphatic heterocycles. The fourth-order valence-corrected chi connectivity index (χ4v) is 4.10. The standard InChI is InChI=1S/C24H32FN3O4S/c1-5-6-15-26-24(30)19(3)27(16-20-9-7-8-10-22(20)25)23(29)17-28(33(4,31)32)21-13-11-18(2)12-14-21/h7-14,19H,5-6,15-17H2,1-4H3,(H,26,30)/t19-/m1/s1. The molecule has 2 aromatic carbocycles. The Kier molecular flexibility index (Phi) is 9.40. The van der Waals surface area contributed by atoms with Gasteiger partial charge in [-0.15, -0.1) is 0 Å². The zero-order valence-corrected chi connectivity index (χ0v) is 20.4. The zero-order chi connectivity index (χ0) is 24.6. The Balaban J connectivity index is 2.35. The Morgan fingerprint density at radius 2 is 1.73 bits per heavy atom. The fourth-order valence-electron chi connectivity index (χ4n) is 3.25. The van der Waals surface area contributed by atoms with Crippen LogP contribution in [-0.2, 0) is 26.2 Å². The highest BCUT2D eigenvalue weighted by molar-refractivity contribution is 7.92. The van der Waals surface area contributed by atoms with E-state index in [9.17, 15) is 22.4 Å². The van der Waals surface area contributed by atoms with Crippen LogP contribution in [0.2, 0.25) is 0 Å². The number of nitrogens with one attached hydrogen (secondary N) is 1. The van der Waals surface area contributed by atoms with E-state index < -0.39 is 34.3 Å². The number of amides is 2. The monoisotopic (exact) mass is 477 g/mol. The lowest BCUT2D eigenvalue weighted by atomic mass is 10.1. The molecule has 1 N–H and O–H groups in total. The molecule has 0 aliphatic carbocycles. The quantitative estimate of drug-likeness (QED) is 0.504. The van der Waals surface area contributed by atoms with E-state index in [1.165, 1.54) is 23.1 Å². The van der Waals surface area contributed by atoms with E-state index in [0.717, 1.165) is 29.0 Å². The lowest BCUT2D eigenvalue weighted by molar-refractivity contribution is -0.139. The molecule has 0 radical (unpaired) electrons. The maximum atomic E-state index is 14.3. The summed E-state index contributed by atoms with van der Waals surface area (Å²) in [5.41, 5.74) is 1.51. The second-order valence-corrected chi connectivity index (χ2v) is 9.95. The zero-order valence-electron chi connectivity index (χ0n) is 19.5. The second kappa shape index (κ2) is 11.8. The van der Waals surface area contributed by atoms with Crippen molar-refractivity contribution in [2.75, 3.05) is 23.7 Å². The summed E-state index contributed by atoms with van der Waals surface area (Å²) in [4.78, 5) is 27.3. The van der Waals surface area contributed by atoms with Gasteiger partial charge in [0, 0.05) is 18.7 Å². The summed E-state index contributed by atoms with van der Waals surface area (Å²) in [5.74, 6) is -1.50. The number of carbonyl (C=O) groups is 2. The summed E-state index contributed by atoms with van der Waals surface area (Å²) < 4.78 is 40.3. The van der Waals surface area contributed by atoms with E-state index in [1.54, 1.807) is 37.3 Å². The van der Waals surface area contributed by atoms with Crippen LogP contribution in [0.15, 0.2) is 48.5 Å². The Bertz CT molecular complexity index is 1060. The lowest BCUT2D eigenvalue weighted by Crippen LogP contribution is -2.51. The van der Waals surface area contributed by atoms with Crippen LogP contribution in [0.4, 0.5) is 10.1 Å². The molecule has 2 aromatic rings. The predicted molar refractivity (Wildman–Crippen MR) is 128 cm³/mol. The van der Waals surface area contributed by atoms with Gasteiger partial charge < -0.3 is 10.2 Å². The molecule has 0 bridgehead atoms. The van der Waals surface area contributed by atoms with Crippen LogP contribution in [0.1, 0.15) is 37.8 Å². The van der Waals surface area contributed by atoms with E-state index in [1.807, 2.05) is 13.8 Å². The van der Waals surface area contributed by atoms with Crippen molar-refractivity contribution in [3.8, 4) is 0 Å². The summed E-state index contributed by atoms with van der Waals surface area (Å²) in [6.07, 6.45) is 2.70. The molecule has 180 valence electrons. The molecule has 33 heavy (non-hydrogen) atoms. The minimum atomic E-state index is -3.79. The second-order valence-electron chi connectivity index (χ2n) is 8.04. The number of hydrogen-bond donors (Lipinski definition) is 1. The highest BCUT2D eigenvalue weighted by Crippen LogP contribution is 2.20. The fraction of sp³-hybridized carbons (Fsp3) is 0.417. The summed E-state index contributed by atoms with van der Waals surface area (Å²) in [7, 11) is -3.79. The highest BCUT2D eigenvalue weighted by atomic mass is 32.2. The van der Waals surface area contributed by atoms with Gasteiger partial charge in [0.15, 0.2) is 0 Å². The molecule has 0 saturated carbocycles. The van der Waals surface area contributed by atoms with Gasteiger partial charge in [-0.05, 0) is 38.5 Å². The van der Waals surface area contributed by atoms with Crippen molar-refractivity contribution in [1.82, 2.24) is 10.2 Å². The minimum Gasteiger partial charge on any atom is -0.354 e. The number of sulfonamides is 1. The molecule has 0 aliphatic rings. The number of aryl methyl sites for hydroxylation is 1.